The predicted octanol–water partition coefficient (Wildman–Crippen LogP) is 2.61. The van der Waals surface area contributed by atoms with Crippen LogP contribution in [0.15, 0.2) is 23.0 Å². The first-order chi connectivity index (χ1) is 10.3. The van der Waals surface area contributed by atoms with Crippen molar-refractivity contribution in [2.45, 2.75) is 26.6 Å². The Labute approximate surface area is 123 Å². The lowest BCUT2D eigenvalue weighted by atomic mass is 10.1. The molecule has 0 saturated carbocycles. The molecule has 1 aromatic carbocycles. The van der Waals surface area contributed by atoms with Crippen LogP contribution < -0.4 is 5.56 Å². The highest BCUT2D eigenvalue weighted by atomic mass is 19.4. The molecule has 0 radical (unpaired) electrons. The molecule has 0 aliphatic carbocycles. The number of carbonyl (C=O) groups excluding carboxylic acids is 1. The zero-order chi connectivity index (χ0) is 16.5. The maximum absolute atomic E-state index is 12.8. The van der Waals surface area contributed by atoms with Crippen LogP contribution in [0.25, 0.3) is 11.0 Å². The molecule has 118 valence electrons. The van der Waals surface area contributed by atoms with Crippen molar-refractivity contribution in [3.63, 3.8) is 0 Å². The van der Waals surface area contributed by atoms with E-state index in [4.69, 9.17) is 4.74 Å². The number of esters is 1. The molecule has 0 spiro atoms. The summed E-state index contributed by atoms with van der Waals surface area (Å²) < 4.78 is 44.2. The van der Waals surface area contributed by atoms with E-state index in [-0.39, 0.29) is 24.2 Å². The van der Waals surface area contributed by atoms with Crippen LogP contribution in [-0.2, 0) is 17.5 Å². The standard InChI is InChI=1S/C14H13F3N2O3/c1-3-19-10-6-5-8(14(15,16)17)7-9(10)18-11(12(19)20)13(21)22-4-2/h5-7H,3-4H2,1-2H3. The molecule has 1 heterocycles. The number of nitrogens with zero attached hydrogens (tertiary/aromatic N) is 2. The van der Waals surface area contributed by atoms with Crippen LogP contribution in [0.5, 0.6) is 0 Å². The molecule has 0 aliphatic heterocycles. The van der Waals surface area contributed by atoms with Crippen molar-refractivity contribution in [2.75, 3.05) is 6.61 Å². The Morgan fingerprint density at radius 2 is 2.00 bits per heavy atom. The summed E-state index contributed by atoms with van der Waals surface area (Å²) in [7, 11) is 0. The highest BCUT2D eigenvalue weighted by Gasteiger charge is 2.31. The molecule has 2 rings (SSSR count). The fourth-order valence-electron chi connectivity index (χ4n) is 2.07. The average molecular weight is 314 g/mol. The topological polar surface area (TPSA) is 61.2 Å². The van der Waals surface area contributed by atoms with Gasteiger partial charge in [-0.25, -0.2) is 9.78 Å². The fourth-order valence-corrected chi connectivity index (χ4v) is 2.07. The number of hydrogen-bond donors (Lipinski definition) is 0. The van der Waals surface area contributed by atoms with E-state index in [1.54, 1.807) is 13.8 Å². The summed E-state index contributed by atoms with van der Waals surface area (Å²) in [6.07, 6.45) is -4.53. The van der Waals surface area contributed by atoms with Crippen molar-refractivity contribution in [3.8, 4) is 0 Å². The maximum Gasteiger partial charge on any atom is 0.416 e. The van der Waals surface area contributed by atoms with Gasteiger partial charge in [0.25, 0.3) is 5.56 Å². The van der Waals surface area contributed by atoms with E-state index < -0.39 is 29.0 Å². The Kier molecular flexibility index (Phi) is 4.20. The number of rotatable bonds is 3. The van der Waals surface area contributed by atoms with E-state index >= 15 is 0 Å². The third kappa shape index (κ3) is 2.81. The van der Waals surface area contributed by atoms with E-state index in [1.165, 1.54) is 10.6 Å². The van der Waals surface area contributed by atoms with Gasteiger partial charge in [0.2, 0.25) is 5.69 Å². The number of carbonyl (C=O) groups is 1. The summed E-state index contributed by atoms with van der Waals surface area (Å²) in [4.78, 5) is 27.7. The minimum Gasteiger partial charge on any atom is -0.461 e. The second kappa shape index (κ2) is 5.78. The van der Waals surface area contributed by atoms with E-state index in [1.807, 2.05) is 0 Å². The molecular formula is C14H13F3N2O3. The molecule has 5 nitrogen and oxygen atoms in total. The smallest absolute Gasteiger partial charge is 0.416 e. The first-order valence-corrected chi connectivity index (χ1v) is 6.58. The summed E-state index contributed by atoms with van der Waals surface area (Å²) >= 11 is 0. The molecule has 0 aliphatic rings. The summed E-state index contributed by atoms with van der Waals surface area (Å²) in [6.45, 7) is 3.43. The quantitative estimate of drug-likeness (QED) is 0.817. The zero-order valence-electron chi connectivity index (χ0n) is 11.9. The molecule has 8 heteroatoms. The van der Waals surface area contributed by atoms with Crippen LogP contribution >= 0.6 is 0 Å². The Hall–Kier alpha value is -2.38. The van der Waals surface area contributed by atoms with Gasteiger partial charge in [-0.3, -0.25) is 4.79 Å². The van der Waals surface area contributed by atoms with E-state index in [2.05, 4.69) is 4.98 Å². The molecule has 0 N–H and O–H groups in total. The van der Waals surface area contributed by atoms with Gasteiger partial charge in [-0.05, 0) is 32.0 Å². The van der Waals surface area contributed by atoms with Crippen molar-refractivity contribution >= 4 is 17.0 Å². The second-order valence-electron chi connectivity index (χ2n) is 4.43. The van der Waals surface area contributed by atoms with Crippen LogP contribution in [0, 0.1) is 0 Å². The summed E-state index contributed by atoms with van der Waals surface area (Å²) in [5.41, 5.74) is -1.96. The van der Waals surface area contributed by atoms with Crippen molar-refractivity contribution in [2.24, 2.45) is 0 Å². The molecule has 0 saturated heterocycles. The summed E-state index contributed by atoms with van der Waals surface area (Å²) in [5, 5.41) is 0. The number of hydrogen-bond acceptors (Lipinski definition) is 4. The van der Waals surface area contributed by atoms with Crippen LogP contribution in [0.4, 0.5) is 13.2 Å². The molecule has 1 aromatic heterocycles. The number of benzene rings is 1. The SMILES string of the molecule is CCOC(=O)c1nc2cc(C(F)(F)F)ccc2n(CC)c1=O. The minimum absolute atomic E-state index is 0.0344. The second-order valence-corrected chi connectivity index (χ2v) is 4.43. The zero-order valence-corrected chi connectivity index (χ0v) is 11.9. The number of aryl methyl sites for hydroxylation is 1. The summed E-state index contributed by atoms with van der Waals surface area (Å²) in [5.74, 6) is -0.950. The van der Waals surface area contributed by atoms with Gasteiger partial charge in [0, 0.05) is 6.54 Å². The first-order valence-electron chi connectivity index (χ1n) is 6.58. The van der Waals surface area contributed by atoms with E-state index in [0.717, 1.165) is 12.1 Å². The number of aromatic nitrogens is 2. The van der Waals surface area contributed by atoms with Gasteiger partial charge >= 0.3 is 12.1 Å². The van der Waals surface area contributed by atoms with Gasteiger partial charge in [-0.15, -0.1) is 0 Å². The van der Waals surface area contributed by atoms with Crippen LogP contribution in [0.3, 0.4) is 0 Å². The molecule has 0 unspecified atom stereocenters. The largest absolute Gasteiger partial charge is 0.461 e. The average Bonchev–Trinajstić information content (AvgIpc) is 2.45. The third-order valence-electron chi connectivity index (χ3n) is 3.06. The number of ether oxygens (including phenoxy) is 1. The van der Waals surface area contributed by atoms with Gasteiger partial charge in [0.15, 0.2) is 0 Å². The molecule has 22 heavy (non-hydrogen) atoms. The Bertz CT molecular complexity index is 781. The van der Waals surface area contributed by atoms with Crippen LogP contribution in [-0.4, -0.2) is 22.1 Å². The minimum atomic E-state index is -4.53. The Morgan fingerprint density at radius 3 is 2.55 bits per heavy atom. The Balaban J connectivity index is 2.76. The molecular weight excluding hydrogens is 301 g/mol. The fraction of sp³-hybridized carbons (Fsp3) is 0.357. The molecule has 0 bridgehead atoms. The lowest BCUT2D eigenvalue weighted by Crippen LogP contribution is -2.29. The van der Waals surface area contributed by atoms with Gasteiger partial charge < -0.3 is 9.30 Å². The number of alkyl halides is 3. The highest BCUT2D eigenvalue weighted by molar-refractivity contribution is 5.89. The monoisotopic (exact) mass is 314 g/mol. The van der Waals surface area contributed by atoms with Crippen molar-refractivity contribution in [1.29, 1.82) is 0 Å². The molecule has 0 amide bonds. The third-order valence-corrected chi connectivity index (χ3v) is 3.06. The predicted molar refractivity (Wildman–Crippen MR) is 72.6 cm³/mol. The van der Waals surface area contributed by atoms with Gasteiger partial charge in [-0.2, -0.15) is 13.2 Å². The van der Waals surface area contributed by atoms with Gasteiger partial charge in [0.05, 0.1) is 23.2 Å². The first kappa shape index (κ1) is 16.0. The molecule has 2 aromatic rings. The van der Waals surface area contributed by atoms with E-state index in [9.17, 15) is 22.8 Å². The summed E-state index contributed by atoms with van der Waals surface area (Å²) in [6, 6.07) is 2.86. The highest BCUT2D eigenvalue weighted by Crippen LogP contribution is 2.30. The molecule has 0 fully saturated rings. The molecule has 0 atom stereocenters. The van der Waals surface area contributed by atoms with Gasteiger partial charge in [0.1, 0.15) is 0 Å². The van der Waals surface area contributed by atoms with Gasteiger partial charge in [-0.1, -0.05) is 0 Å². The van der Waals surface area contributed by atoms with Crippen molar-refractivity contribution < 1.29 is 22.7 Å². The number of halogens is 3. The van der Waals surface area contributed by atoms with E-state index in [0.29, 0.717) is 0 Å². The van der Waals surface area contributed by atoms with Crippen LogP contribution in [0.2, 0.25) is 0 Å². The maximum atomic E-state index is 12.8. The Morgan fingerprint density at radius 1 is 1.32 bits per heavy atom. The van der Waals surface area contributed by atoms with Crippen LogP contribution in [0.1, 0.15) is 29.9 Å². The normalized spacial score (nSPS) is 11.7. The lowest BCUT2D eigenvalue weighted by Gasteiger charge is -2.12. The van der Waals surface area contributed by atoms with Crippen molar-refractivity contribution in [1.82, 2.24) is 9.55 Å². The number of fused-ring (bicyclic) bond motifs is 1. The van der Waals surface area contributed by atoms with Crippen molar-refractivity contribution in [3.05, 3.63) is 39.8 Å². The lowest BCUT2D eigenvalue weighted by molar-refractivity contribution is -0.137.